The fourth-order valence-electron chi connectivity index (χ4n) is 1.39. The molecule has 2 nitrogen and oxygen atoms in total. The van der Waals surface area contributed by atoms with Crippen LogP contribution in [-0.2, 0) is 0 Å². The van der Waals surface area contributed by atoms with E-state index in [2.05, 4.69) is 26.0 Å². The lowest BCUT2D eigenvalue weighted by Crippen LogP contribution is -2.03. The number of nitrogens with two attached hydrogens (primary N) is 1. The Hall–Kier alpha value is -1.02. The second kappa shape index (κ2) is 6.46. The molecule has 0 bridgehead atoms. The minimum atomic E-state index is 0.580. The van der Waals surface area contributed by atoms with Gasteiger partial charge in [0.15, 0.2) is 0 Å². The average molecular weight is 207 g/mol. The van der Waals surface area contributed by atoms with Gasteiger partial charge in [-0.1, -0.05) is 26.0 Å². The summed E-state index contributed by atoms with van der Waals surface area (Å²) in [6.45, 7) is 5.89. The molecule has 0 aromatic heterocycles. The fraction of sp³-hybridized carbons (Fsp3) is 0.538. The summed E-state index contributed by atoms with van der Waals surface area (Å²) in [5, 5.41) is 0. The number of unbranched alkanes of at least 4 members (excludes halogenated alkanes) is 1. The van der Waals surface area contributed by atoms with E-state index in [1.54, 1.807) is 0 Å². The van der Waals surface area contributed by atoms with Crippen LogP contribution >= 0.6 is 0 Å². The highest BCUT2D eigenvalue weighted by Crippen LogP contribution is 2.18. The molecule has 2 heteroatoms. The standard InChI is InChI=1S/C13H21NO/c1-11(2)12-5-7-13(8-6-12)15-10-4-3-9-14/h5-8,11H,3-4,9-10,14H2,1-2H3. The summed E-state index contributed by atoms with van der Waals surface area (Å²) >= 11 is 0. The summed E-state index contributed by atoms with van der Waals surface area (Å²) in [5.74, 6) is 1.53. The molecule has 0 radical (unpaired) electrons. The van der Waals surface area contributed by atoms with E-state index in [0.717, 1.165) is 31.7 Å². The molecule has 0 fully saturated rings. The van der Waals surface area contributed by atoms with Crippen LogP contribution in [0.5, 0.6) is 5.75 Å². The lowest BCUT2D eigenvalue weighted by Gasteiger charge is -2.08. The lowest BCUT2D eigenvalue weighted by atomic mass is 10.0. The zero-order valence-corrected chi connectivity index (χ0v) is 9.70. The van der Waals surface area contributed by atoms with Crippen molar-refractivity contribution in [1.29, 1.82) is 0 Å². The summed E-state index contributed by atoms with van der Waals surface area (Å²) in [6.07, 6.45) is 2.06. The van der Waals surface area contributed by atoms with Gasteiger partial charge in [0.2, 0.25) is 0 Å². The summed E-state index contributed by atoms with van der Waals surface area (Å²) < 4.78 is 5.59. The quantitative estimate of drug-likeness (QED) is 0.728. The first kappa shape index (κ1) is 12.1. The van der Waals surface area contributed by atoms with Gasteiger partial charge in [0, 0.05) is 0 Å². The molecular formula is C13H21NO. The molecule has 2 N–H and O–H groups in total. The maximum absolute atomic E-state index is 5.59. The maximum Gasteiger partial charge on any atom is 0.119 e. The third-order valence-corrected chi connectivity index (χ3v) is 2.41. The Balaban J connectivity index is 2.36. The van der Waals surface area contributed by atoms with Crippen LogP contribution < -0.4 is 10.5 Å². The Bertz CT molecular complexity index is 266. The Kier molecular flexibility index (Phi) is 5.19. The molecule has 0 aliphatic carbocycles. The third-order valence-electron chi connectivity index (χ3n) is 2.41. The van der Waals surface area contributed by atoms with Crippen molar-refractivity contribution in [3.63, 3.8) is 0 Å². The molecule has 15 heavy (non-hydrogen) atoms. The Morgan fingerprint density at radius 2 is 1.80 bits per heavy atom. The van der Waals surface area contributed by atoms with Gasteiger partial charge < -0.3 is 10.5 Å². The van der Waals surface area contributed by atoms with Crippen molar-refractivity contribution in [3.05, 3.63) is 29.8 Å². The van der Waals surface area contributed by atoms with Crippen molar-refractivity contribution in [2.75, 3.05) is 13.2 Å². The van der Waals surface area contributed by atoms with E-state index in [4.69, 9.17) is 10.5 Å². The first-order chi connectivity index (χ1) is 7.24. The Morgan fingerprint density at radius 1 is 1.13 bits per heavy atom. The van der Waals surface area contributed by atoms with E-state index in [-0.39, 0.29) is 0 Å². The van der Waals surface area contributed by atoms with Gasteiger partial charge in [-0.3, -0.25) is 0 Å². The second-order valence-electron chi connectivity index (χ2n) is 4.07. The van der Waals surface area contributed by atoms with Crippen molar-refractivity contribution >= 4 is 0 Å². The van der Waals surface area contributed by atoms with Crippen LogP contribution in [0, 0.1) is 0 Å². The Labute approximate surface area is 92.4 Å². The molecule has 0 aliphatic rings. The number of hydrogen-bond acceptors (Lipinski definition) is 2. The highest BCUT2D eigenvalue weighted by molar-refractivity contribution is 5.28. The molecule has 1 aromatic carbocycles. The van der Waals surface area contributed by atoms with E-state index in [1.165, 1.54) is 5.56 Å². The predicted molar refractivity (Wildman–Crippen MR) is 64.3 cm³/mol. The molecule has 0 unspecified atom stereocenters. The average Bonchev–Trinajstić information content (AvgIpc) is 2.25. The van der Waals surface area contributed by atoms with Crippen LogP contribution in [0.3, 0.4) is 0 Å². The highest BCUT2D eigenvalue weighted by atomic mass is 16.5. The molecule has 1 rings (SSSR count). The van der Waals surface area contributed by atoms with Gasteiger partial charge in [-0.05, 0) is 43.0 Å². The van der Waals surface area contributed by atoms with E-state index in [0.29, 0.717) is 5.92 Å². The number of benzene rings is 1. The predicted octanol–water partition coefficient (Wildman–Crippen LogP) is 2.93. The fourth-order valence-corrected chi connectivity index (χ4v) is 1.39. The molecule has 1 aromatic rings. The van der Waals surface area contributed by atoms with Gasteiger partial charge >= 0.3 is 0 Å². The van der Waals surface area contributed by atoms with Crippen molar-refractivity contribution in [1.82, 2.24) is 0 Å². The van der Waals surface area contributed by atoms with Gasteiger partial charge in [0.05, 0.1) is 6.61 Å². The zero-order chi connectivity index (χ0) is 11.1. The molecule has 0 heterocycles. The molecule has 0 atom stereocenters. The van der Waals surface area contributed by atoms with Gasteiger partial charge in [-0.2, -0.15) is 0 Å². The summed E-state index contributed by atoms with van der Waals surface area (Å²) in [4.78, 5) is 0. The largest absolute Gasteiger partial charge is 0.494 e. The van der Waals surface area contributed by atoms with Crippen LogP contribution in [0.15, 0.2) is 24.3 Å². The smallest absolute Gasteiger partial charge is 0.119 e. The Morgan fingerprint density at radius 3 is 2.33 bits per heavy atom. The molecule has 0 saturated carbocycles. The molecule has 0 amide bonds. The first-order valence-electron chi connectivity index (χ1n) is 5.67. The normalized spacial score (nSPS) is 10.7. The molecular weight excluding hydrogens is 186 g/mol. The van der Waals surface area contributed by atoms with Crippen LogP contribution in [-0.4, -0.2) is 13.2 Å². The van der Waals surface area contributed by atoms with E-state index in [9.17, 15) is 0 Å². The monoisotopic (exact) mass is 207 g/mol. The van der Waals surface area contributed by atoms with Crippen LogP contribution in [0.25, 0.3) is 0 Å². The molecule has 0 saturated heterocycles. The zero-order valence-electron chi connectivity index (χ0n) is 9.70. The van der Waals surface area contributed by atoms with Crippen molar-refractivity contribution in [2.45, 2.75) is 32.6 Å². The van der Waals surface area contributed by atoms with Crippen LogP contribution in [0.1, 0.15) is 38.2 Å². The van der Waals surface area contributed by atoms with Crippen LogP contribution in [0.4, 0.5) is 0 Å². The van der Waals surface area contributed by atoms with Gasteiger partial charge in [0.25, 0.3) is 0 Å². The second-order valence-corrected chi connectivity index (χ2v) is 4.07. The topological polar surface area (TPSA) is 35.2 Å². The number of ether oxygens (including phenoxy) is 1. The SMILES string of the molecule is CC(C)c1ccc(OCCCCN)cc1. The third kappa shape index (κ3) is 4.34. The number of hydrogen-bond donors (Lipinski definition) is 1. The minimum absolute atomic E-state index is 0.580. The van der Waals surface area contributed by atoms with Crippen molar-refractivity contribution in [3.8, 4) is 5.75 Å². The summed E-state index contributed by atoms with van der Waals surface area (Å²) in [6, 6.07) is 8.33. The van der Waals surface area contributed by atoms with Crippen LogP contribution in [0.2, 0.25) is 0 Å². The number of rotatable bonds is 6. The molecule has 0 aliphatic heterocycles. The van der Waals surface area contributed by atoms with Gasteiger partial charge in [0.1, 0.15) is 5.75 Å². The summed E-state index contributed by atoms with van der Waals surface area (Å²) in [7, 11) is 0. The lowest BCUT2D eigenvalue weighted by molar-refractivity contribution is 0.307. The first-order valence-corrected chi connectivity index (χ1v) is 5.67. The molecule has 0 spiro atoms. The van der Waals surface area contributed by atoms with Crippen molar-refractivity contribution < 1.29 is 4.74 Å². The highest BCUT2D eigenvalue weighted by Gasteiger charge is 1.98. The summed E-state index contributed by atoms with van der Waals surface area (Å²) in [5.41, 5.74) is 6.76. The van der Waals surface area contributed by atoms with Gasteiger partial charge in [-0.15, -0.1) is 0 Å². The van der Waals surface area contributed by atoms with E-state index < -0.39 is 0 Å². The van der Waals surface area contributed by atoms with Gasteiger partial charge in [-0.25, -0.2) is 0 Å². The van der Waals surface area contributed by atoms with E-state index in [1.807, 2.05) is 12.1 Å². The minimum Gasteiger partial charge on any atom is -0.494 e. The van der Waals surface area contributed by atoms with Crippen molar-refractivity contribution in [2.24, 2.45) is 5.73 Å². The maximum atomic E-state index is 5.59. The molecule has 84 valence electrons. The van der Waals surface area contributed by atoms with E-state index >= 15 is 0 Å².